The number of hydrogen-bond donors (Lipinski definition) is 3. The molecule has 0 atom stereocenters. The quantitative estimate of drug-likeness (QED) is 0.702. The van der Waals surface area contributed by atoms with Gasteiger partial charge in [-0.05, 0) is 22.0 Å². The zero-order chi connectivity index (χ0) is 9.68. The summed E-state index contributed by atoms with van der Waals surface area (Å²) in [4.78, 5) is 18.2. The maximum absolute atomic E-state index is 10.9. The number of aromatic nitrogens is 1. The lowest BCUT2D eigenvalue weighted by atomic mass is 10.4. The van der Waals surface area contributed by atoms with Crippen LogP contribution in [0.15, 0.2) is 16.7 Å². The number of amides is 2. The topological polar surface area (TPSA) is 66.2 Å². The average Bonchev–Trinajstić information content (AvgIpc) is 2.49. The summed E-state index contributed by atoms with van der Waals surface area (Å²) in [6.45, 7) is 0.431. The van der Waals surface area contributed by atoms with E-state index in [4.69, 9.17) is 0 Å². The Morgan fingerprint density at radius 2 is 2.54 bits per heavy atom. The summed E-state index contributed by atoms with van der Waals surface area (Å²) in [6.07, 6.45) is 1.80. The first kappa shape index (κ1) is 10.1. The Kier molecular flexibility index (Phi) is 3.78. The molecular weight excluding hydrogens is 238 g/mol. The second-order valence-corrected chi connectivity index (χ2v) is 3.25. The van der Waals surface area contributed by atoms with Crippen molar-refractivity contribution in [2.45, 2.75) is 6.54 Å². The predicted octanol–water partition coefficient (Wildman–Crippen LogP) is 1.14. The lowest BCUT2D eigenvalue weighted by molar-refractivity contribution is 0.107. The standard InChI is InChI=1S/C7H10BrN3O2/c1-13-11-7(12)10-4-6-2-5(8)3-9-6/h2-3,9H,4H2,1H3,(H2,10,11,12). The fourth-order valence-electron chi connectivity index (χ4n) is 0.818. The van der Waals surface area contributed by atoms with Gasteiger partial charge in [-0.1, -0.05) is 0 Å². The monoisotopic (exact) mass is 247 g/mol. The minimum absolute atomic E-state index is 0.367. The third-order valence-corrected chi connectivity index (χ3v) is 1.80. The molecule has 0 aliphatic carbocycles. The first-order valence-corrected chi connectivity index (χ1v) is 4.41. The second-order valence-electron chi connectivity index (χ2n) is 2.33. The molecule has 0 aromatic carbocycles. The van der Waals surface area contributed by atoms with Crippen LogP contribution in [0.1, 0.15) is 5.69 Å². The number of carbonyl (C=O) groups is 1. The number of hydroxylamine groups is 1. The molecule has 5 nitrogen and oxygen atoms in total. The smallest absolute Gasteiger partial charge is 0.339 e. The molecule has 72 valence electrons. The van der Waals surface area contributed by atoms with Crippen LogP contribution in [0, 0.1) is 0 Å². The van der Waals surface area contributed by atoms with Gasteiger partial charge in [0.05, 0.1) is 13.7 Å². The molecule has 0 saturated heterocycles. The summed E-state index contributed by atoms with van der Waals surface area (Å²) in [6, 6.07) is 1.51. The minimum atomic E-state index is -0.367. The average molecular weight is 248 g/mol. The van der Waals surface area contributed by atoms with Crippen molar-refractivity contribution in [3.63, 3.8) is 0 Å². The van der Waals surface area contributed by atoms with Crippen LogP contribution in [0.5, 0.6) is 0 Å². The number of halogens is 1. The lowest BCUT2D eigenvalue weighted by Gasteiger charge is -2.03. The van der Waals surface area contributed by atoms with Crippen LogP contribution in [0.2, 0.25) is 0 Å². The summed E-state index contributed by atoms with van der Waals surface area (Å²) < 4.78 is 0.955. The maximum atomic E-state index is 10.9. The zero-order valence-electron chi connectivity index (χ0n) is 7.06. The molecule has 0 aliphatic heterocycles. The fourth-order valence-corrected chi connectivity index (χ4v) is 1.21. The normalized spacial score (nSPS) is 9.69. The number of nitrogens with one attached hydrogen (secondary N) is 3. The van der Waals surface area contributed by atoms with Gasteiger partial charge in [0.1, 0.15) is 0 Å². The number of aromatic amines is 1. The molecular formula is C7H10BrN3O2. The molecule has 0 spiro atoms. The minimum Gasteiger partial charge on any atom is -0.362 e. The molecule has 0 radical (unpaired) electrons. The summed E-state index contributed by atoms with van der Waals surface area (Å²) in [7, 11) is 1.38. The highest BCUT2D eigenvalue weighted by Crippen LogP contribution is 2.09. The van der Waals surface area contributed by atoms with Crippen molar-refractivity contribution in [3.8, 4) is 0 Å². The van der Waals surface area contributed by atoms with Crippen LogP contribution in [0.3, 0.4) is 0 Å². The van der Waals surface area contributed by atoms with Crippen molar-refractivity contribution in [2.24, 2.45) is 0 Å². The molecule has 0 bridgehead atoms. The van der Waals surface area contributed by atoms with Crippen LogP contribution in [-0.2, 0) is 11.4 Å². The van der Waals surface area contributed by atoms with Gasteiger partial charge in [0.25, 0.3) is 0 Å². The van der Waals surface area contributed by atoms with Gasteiger partial charge in [0, 0.05) is 16.4 Å². The first-order chi connectivity index (χ1) is 6.22. The van der Waals surface area contributed by atoms with E-state index in [0.717, 1.165) is 10.2 Å². The number of carbonyl (C=O) groups excluding carboxylic acids is 1. The molecule has 13 heavy (non-hydrogen) atoms. The van der Waals surface area contributed by atoms with Gasteiger partial charge in [-0.3, -0.25) is 4.84 Å². The first-order valence-electron chi connectivity index (χ1n) is 3.62. The molecule has 2 amide bonds. The summed E-state index contributed by atoms with van der Waals surface area (Å²) in [5, 5.41) is 2.59. The van der Waals surface area contributed by atoms with Gasteiger partial charge in [-0.15, -0.1) is 0 Å². The fraction of sp³-hybridized carbons (Fsp3) is 0.286. The summed E-state index contributed by atoms with van der Waals surface area (Å²) in [5.74, 6) is 0. The Morgan fingerprint density at radius 3 is 3.08 bits per heavy atom. The van der Waals surface area contributed by atoms with E-state index in [2.05, 4.69) is 36.5 Å². The Bertz CT molecular complexity index is 287. The molecule has 1 rings (SSSR count). The van der Waals surface area contributed by atoms with E-state index in [1.165, 1.54) is 7.11 Å². The maximum Gasteiger partial charge on any atom is 0.339 e. The van der Waals surface area contributed by atoms with Crippen LogP contribution >= 0.6 is 15.9 Å². The van der Waals surface area contributed by atoms with E-state index >= 15 is 0 Å². The third-order valence-electron chi connectivity index (χ3n) is 1.34. The lowest BCUT2D eigenvalue weighted by Crippen LogP contribution is -2.34. The third kappa shape index (κ3) is 3.47. The highest BCUT2D eigenvalue weighted by atomic mass is 79.9. The highest BCUT2D eigenvalue weighted by Gasteiger charge is 2.00. The van der Waals surface area contributed by atoms with Gasteiger partial charge in [-0.25, -0.2) is 10.3 Å². The number of rotatable bonds is 3. The highest BCUT2D eigenvalue weighted by molar-refractivity contribution is 9.10. The molecule has 3 N–H and O–H groups in total. The Morgan fingerprint density at radius 1 is 1.77 bits per heavy atom. The zero-order valence-corrected chi connectivity index (χ0v) is 8.64. The van der Waals surface area contributed by atoms with E-state index in [1.807, 2.05) is 6.07 Å². The van der Waals surface area contributed by atoms with Gasteiger partial charge in [0.2, 0.25) is 0 Å². The van der Waals surface area contributed by atoms with Crippen LogP contribution < -0.4 is 10.8 Å². The van der Waals surface area contributed by atoms with E-state index in [1.54, 1.807) is 6.20 Å². The molecule has 0 aliphatic rings. The molecule has 6 heteroatoms. The molecule has 1 aromatic rings. The van der Waals surface area contributed by atoms with Crippen LogP contribution in [0.25, 0.3) is 0 Å². The van der Waals surface area contributed by atoms with E-state index in [0.29, 0.717) is 6.54 Å². The van der Waals surface area contributed by atoms with E-state index < -0.39 is 0 Å². The van der Waals surface area contributed by atoms with Crippen molar-refractivity contribution < 1.29 is 9.63 Å². The van der Waals surface area contributed by atoms with Gasteiger partial charge < -0.3 is 10.3 Å². The van der Waals surface area contributed by atoms with Gasteiger partial charge in [-0.2, -0.15) is 0 Å². The summed E-state index contributed by atoms with van der Waals surface area (Å²) >= 11 is 3.29. The van der Waals surface area contributed by atoms with Gasteiger partial charge >= 0.3 is 6.03 Å². The van der Waals surface area contributed by atoms with Gasteiger partial charge in [0.15, 0.2) is 0 Å². The molecule has 0 unspecified atom stereocenters. The second kappa shape index (κ2) is 4.88. The van der Waals surface area contributed by atoms with Crippen molar-refractivity contribution in [2.75, 3.05) is 7.11 Å². The Balaban J connectivity index is 2.30. The van der Waals surface area contributed by atoms with Crippen LogP contribution in [-0.4, -0.2) is 18.1 Å². The SMILES string of the molecule is CONC(=O)NCc1cc(Br)c[nH]1. The number of urea groups is 1. The Hall–Kier alpha value is -1.01. The number of hydrogen-bond acceptors (Lipinski definition) is 2. The largest absolute Gasteiger partial charge is 0.362 e. The molecule has 0 saturated carbocycles. The van der Waals surface area contributed by atoms with Crippen molar-refractivity contribution in [1.82, 2.24) is 15.8 Å². The molecule has 1 aromatic heterocycles. The predicted molar refractivity (Wildman–Crippen MR) is 50.9 cm³/mol. The molecule has 0 fully saturated rings. The number of H-pyrrole nitrogens is 1. The van der Waals surface area contributed by atoms with Crippen LogP contribution in [0.4, 0.5) is 4.79 Å². The van der Waals surface area contributed by atoms with Crippen molar-refractivity contribution in [1.29, 1.82) is 0 Å². The van der Waals surface area contributed by atoms with Crippen molar-refractivity contribution in [3.05, 3.63) is 22.4 Å². The van der Waals surface area contributed by atoms with E-state index in [-0.39, 0.29) is 6.03 Å². The Labute approximate surface area is 83.9 Å². The van der Waals surface area contributed by atoms with E-state index in [9.17, 15) is 4.79 Å². The summed E-state index contributed by atoms with van der Waals surface area (Å²) in [5.41, 5.74) is 3.06. The molecule has 1 heterocycles. The van der Waals surface area contributed by atoms with Crippen molar-refractivity contribution >= 4 is 22.0 Å².